The maximum absolute atomic E-state index is 10.9. The summed E-state index contributed by atoms with van der Waals surface area (Å²) in [6.45, 7) is 5.13. The van der Waals surface area contributed by atoms with Gasteiger partial charge >= 0.3 is 5.97 Å². The van der Waals surface area contributed by atoms with Gasteiger partial charge < -0.3 is 14.8 Å². The van der Waals surface area contributed by atoms with Gasteiger partial charge in [0.1, 0.15) is 0 Å². The quantitative estimate of drug-likeness (QED) is 0.863. The predicted octanol–water partition coefficient (Wildman–Crippen LogP) is 2.89. The van der Waals surface area contributed by atoms with Crippen LogP contribution in [0.5, 0.6) is 0 Å². The summed E-state index contributed by atoms with van der Waals surface area (Å²) in [6.07, 6.45) is 5.16. The molecule has 18 heavy (non-hydrogen) atoms. The second-order valence-electron chi connectivity index (χ2n) is 5.33. The van der Waals surface area contributed by atoms with Gasteiger partial charge in [0.25, 0.3) is 0 Å². The minimum atomic E-state index is -0.998. The highest BCUT2D eigenvalue weighted by Gasteiger charge is 2.27. The van der Waals surface area contributed by atoms with Crippen LogP contribution in [0.25, 0.3) is 0 Å². The molecule has 1 aliphatic rings. The van der Waals surface area contributed by atoms with Gasteiger partial charge in [-0.25, -0.2) is 4.79 Å². The molecule has 100 valence electrons. The van der Waals surface area contributed by atoms with Crippen LogP contribution in [0.1, 0.15) is 49.2 Å². The average Bonchev–Trinajstić information content (AvgIpc) is 2.79. The third kappa shape index (κ3) is 2.75. The van der Waals surface area contributed by atoms with Crippen molar-refractivity contribution in [2.75, 3.05) is 0 Å². The van der Waals surface area contributed by atoms with Crippen molar-refractivity contribution in [3.8, 4) is 0 Å². The Kier molecular flexibility index (Phi) is 4.07. The Morgan fingerprint density at radius 2 is 2.28 bits per heavy atom. The standard InChI is InChI=1S/C14H21NO3/c1-9-4-3-5-12(10(9)2)15-8-11-6-7-18-13(11)14(16)17/h6-7,9-10,12,15H,3-5,8H2,1-2H3,(H,16,17). The van der Waals surface area contributed by atoms with E-state index in [-0.39, 0.29) is 5.76 Å². The zero-order valence-corrected chi connectivity index (χ0v) is 11.0. The average molecular weight is 251 g/mol. The van der Waals surface area contributed by atoms with E-state index in [0.717, 1.165) is 11.5 Å². The topological polar surface area (TPSA) is 62.5 Å². The summed E-state index contributed by atoms with van der Waals surface area (Å²) in [4.78, 5) is 10.9. The summed E-state index contributed by atoms with van der Waals surface area (Å²) in [5.74, 6) is 0.430. The van der Waals surface area contributed by atoms with Crippen LogP contribution in [0.4, 0.5) is 0 Å². The van der Waals surface area contributed by atoms with Crippen LogP contribution in [0.3, 0.4) is 0 Å². The van der Waals surface area contributed by atoms with E-state index in [2.05, 4.69) is 19.2 Å². The molecule has 1 aromatic heterocycles. The van der Waals surface area contributed by atoms with Crippen molar-refractivity contribution in [3.05, 3.63) is 23.7 Å². The third-order valence-electron chi connectivity index (χ3n) is 4.20. The molecule has 0 spiro atoms. The van der Waals surface area contributed by atoms with E-state index in [1.807, 2.05) is 0 Å². The van der Waals surface area contributed by atoms with Gasteiger partial charge in [-0.05, 0) is 24.3 Å². The number of aromatic carboxylic acids is 1. The van der Waals surface area contributed by atoms with E-state index in [9.17, 15) is 4.79 Å². The lowest BCUT2D eigenvalue weighted by Gasteiger charge is -2.34. The Morgan fingerprint density at radius 1 is 1.50 bits per heavy atom. The summed E-state index contributed by atoms with van der Waals surface area (Å²) in [5.41, 5.74) is 0.730. The molecule has 0 bridgehead atoms. The summed E-state index contributed by atoms with van der Waals surface area (Å²) < 4.78 is 4.97. The third-order valence-corrected chi connectivity index (χ3v) is 4.20. The summed E-state index contributed by atoms with van der Waals surface area (Å²) >= 11 is 0. The van der Waals surface area contributed by atoms with Crippen molar-refractivity contribution >= 4 is 5.97 Å². The van der Waals surface area contributed by atoms with Crippen LogP contribution in [-0.4, -0.2) is 17.1 Å². The van der Waals surface area contributed by atoms with E-state index in [1.165, 1.54) is 25.5 Å². The lowest BCUT2D eigenvalue weighted by molar-refractivity contribution is 0.0660. The van der Waals surface area contributed by atoms with E-state index in [0.29, 0.717) is 18.5 Å². The van der Waals surface area contributed by atoms with Gasteiger partial charge in [-0.15, -0.1) is 0 Å². The fraction of sp³-hybridized carbons (Fsp3) is 0.643. The molecule has 0 saturated heterocycles. The van der Waals surface area contributed by atoms with Crippen molar-refractivity contribution in [2.45, 2.75) is 45.7 Å². The predicted molar refractivity (Wildman–Crippen MR) is 68.5 cm³/mol. The molecule has 2 N–H and O–H groups in total. The molecule has 0 amide bonds. The Labute approximate surface area is 107 Å². The van der Waals surface area contributed by atoms with Gasteiger partial charge in [0, 0.05) is 18.2 Å². The molecule has 0 aliphatic heterocycles. The molecule has 1 aromatic rings. The first-order valence-electron chi connectivity index (χ1n) is 6.62. The minimum Gasteiger partial charge on any atom is -0.475 e. The normalized spacial score (nSPS) is 28.2. The summed E-state index contributed by atoms with van der Waals surface area (Å²) in [7, 11) is 0. The van der Waals surface area contributed by atoms with Gasteiger partial charge in [-0.2, -0.15) is 0 Å². The van der Waals surface area contributed by atoms with Crippen molar-refractivity contribution in [2.24, 2.45) is 11.8 Å². The number of carboxylic acids is 1. The number of furan rings is 1. The van der Waals surface area contributed by atoms with Crippen LogP contribution in [-0.2, 0) is 6.54 Å². The van der Waals surface area contributed by atoms with Gasteiger partial charge in [0.15, 0.2) is 0 Å². The molecule has 4 nitrogen and oxygen atoms in total. The van der Waals surface area contributed by atoms with Gasteiger partial charge in [0.05, 0.1) is 6.26 Å². The van der Waals surface area contributed by atoms with Crippen molar-refractivity contribution < 1.29 is 14.3 Å². The van der Waals surface area contributed by atoms with Crippen LogP contribution >= 0.6 is 0 Å². The van der Waals surface area contributed by atoms with Crippen molar-refractivity contribution in [1.29, 1.82) is 0 Å². The Balaban J connectivity index is 1.94. The molecule has 1 aliphatic carbocycles. The zero-order chi connectivity index (χ0) is 13.1. The largest absolute Gasteiger partial charge is 0.475 e. The van der Waals surface area contributed by atoms with Gasteiger partial charge in [-0.1, -0.05) is 26.7 Å². The zero-order valence-electron chi connectivity index (χ0n) is 11.0. The first-order chi connectivity index (χ1) is 8.59. The summed E-state index contributed by atoms with van der Waals surface area (Å²) in [6, 6.07) is 2.21. The summed E-state index contributed by atoms with van der Waals surface area (Å²) in [5, 5.41) is 12.4. The molecule has 0 aromatic carbocycles. The monoisotopic (exact) mass is 251 g/mol. The minimum absolute atomic E-state index is 0.0546. The first kappa shape index (κ1) is 13.1. The van der Waals surface area contributed by atoms with E-state index >= 15 is 0 Å². The van der Waals surface area contributed by atoms with Crippen molar-refractivity contribution in [1.82, 2.24) is 5.32 Å². The van der Waals surface area contributed by atoms with E-state index in [4.69, 9.17) is 9.52 Å². The fourth-order valence-electron chi connectivity index (χ4n) is 2.77. The van der Waals surface area contributed by atoms with Crippen LogP contribution in [0, 0.1) is 11.8 Å². The molecular formula is C14H21NO3. The van der Waals surface area contributed by atoms with E-state index in [1.54, 1.807) is 6.07 Å². The number of hydrogen-bond donors (Lipinski definition) is 2. The Bertz CT molecular complexity index is 413. The highest BCUT2D eigenvalue weighted by atomic mass is 16.4. The molecule has 1 fully saturated rings. The SMILES string of the molecule is CC1CCCC(NCc2ccoc2C(=O)O)C1C. The molecule has 3 atom stereocenters. The van der Waals surface area contributed by atoms with Crippen LogP contribution in [0.2, 0.25) is 0 Å². The number of carbonyl (C=O) groups is 1. The van der Waals surface area contributed by atoms with Gasteiger partial charge in [0.2, 0.25) is 5.76 Å². The maximum Gasteiger partial charge on any atom is 0.372 e. The second-order valence-corrected chi connectivity index (χ2v) is 5.33. The van der Waals surface area contributed by atoms with Gasteiger partial charge in [-0.3, -0.25) is 0 Å². The lowest BCUT2D eigenvalue weighted by atomic mass is 9.78. The number of carboxylic acid groups (broad SMARTS) is 1. The molecule has 1 saturated carbocycles. The second kappa shape index (κ2) is 5.57. The van der Waals surface area contributed by atoms with E-state index < -0.39 is 5.97 Å². The molecule has 3 unspecified atom stereocenters. The number of nitrogens with one attached hydrogen (secondary N) is 1. The fourth-order valence-corrected chi connectivity index (χ4v) is 2.77. The smallest absolute Gasteiger partial charge is 0.372 e. The Hall–Kier alpha value is -1.29. The first-order valence-corrected chi connectivity index (χ1v) is 6.62. The lowest BCUT2D eigenvalue weighted by Crippen LogP contribution is -2.40. The molecule has 0 radical (unpaired) electrons. The van der Waals surface area contributed by atoms with Crippen LogP contribution in [0.15, 0.2) is 16.7 Å². The molecular weight excluding hydrogens is 230 g/mol. The number of hydrogen-bond acceptors (Lipinski definition) is 3. The highest BCUT2D eigenvalue weighted by Crippen LogP contribution is 2.29. The molecule has 1 heterocycles. The molecule has 4 heteroatoms. The Morgan fingerprint density at radius 3 is 3.00 bits per heavy atom. The van der Waals surface area contributed by atoms with Crippen molar-refractivity contribution in [3.63, 3.8) is 0 Å². The maximum atomic E-state index is 10.9. The van der Waals surface area contributed by atoms with Crippen LogP contribution < -0.4 is 5.32 Å². The molecule has 2 rings (SSSR count). The number of rotatable bonds is 4. The highest BCUT2D eigenvalue weighted by molar-refractivity contribution is 5.86.